The molecule has 0 aromatic heterocycles. The number of nitrogens with two attached hydrogens (primary N) is 1. The Hall–Kier alpha value is -0.640. The molecule has 0 fully saturated rings. The second-order valence-corrected chi connectivity index (χ2v) is 2.82. The SMILES string of the molecule is CC(C)CCC(N)[N+](=O)[O-]. The number of rotatable bonds is 4. The lowest BCUT2D eigenvalue weighted by Gasteiger charge is -2.04. The lowest BCUT2D eigenvalue weighted by Crippen LogP contribution is -2.29. The molecule has 10 heavy (non-hydrogen) atoms. The molecule has 0 aliphatic carbocycles. The molecule has 2 N–H and O–H groups in total. The smallest absolute Gasteiger partial charge is 0.263 e. The van der Waals surface area contributed by atoms with Gasteiger partial charge >= 0.3 is 0 Å². The van der Waals surface area contributed by atoms with E-state index in [9.17, 15) is 10.1 Å². The summed E-state index contributed by atoms with van der Waals surface area (Å²) in [6, 6.07) is 0. The molecule has 4 nitrogen and oxygen atoms in total. The van der Waals surface area contributed by atoms with Gasteiger partial charge in [0, 0.05) is 11.3 Å². The second kappa shape index (κ2) is 4.22. The van der Waals surface area contributed by atoms with Gasteiger partial charge in [-0.3, -0.25) is 15.8 Å². The minimum atomic E-state index is -0.873. The Balaban J connectivity index is 3.40. The van der Waals surface area contributed by atoms with Crippen molar-refractivity contribution >= 4 is 0 Å². The molecule has 1 unspecified atom stereocenters. The van der Waals surface area contributed by atoms with Crippen LogP contribution in [0.5, 0.6) is 0 Å². The zero-order valence-corrected chi connectivity index (χ0v) is 6.41. The molecule has 0 rings (SSSR count). The molecule has 60 valence electrons. The van der Waals surface area contributed by atoms with Crippen LogP contribution in [0.3, 0.4) is 0 Å². The topological polar surface area (TPSA) is 69.2 Å². The molecule has 0 saturated carbocycles. The maximum absolute atomic E-state index is 9.99. The lowest BCUT2D eigenvalue weighted by molar-refractivity contribution is -0.522. The monoisotopic (exact) mass is 146 g/mol. The lowest BCUT2D eigenvalue weighted by atomic mass is 10.1. The highest BCUT2D eigenvalue weighted by molar-refractivity contribution is 4.50. The van der Waals surface area contributed by atoms with Crippen molar-refractivity contribution in [2.75, 3.05) is 0 Å². The molecule has 0 aromatic carbocycles. The van der Waals surface area contributed by atoms with Gasteiger partial charge in [0.15, 0.2) is 0 Å². The van der Waals surface area contributed by atoms with E-state index in [-0.39, 0.29) is 0 Å². The summed E-state index contributed by atoms with van der Waals surface area (Å²) in [5.74, 6) is 0.492. The number of nitro groups is 1. The summed E-state index contributed by atoms with van der Waals surface area (Å²) in [4.78, 5) is 9.55. The van der Waals surface area contributed by atoms with Gasteiger partial charge in [-0.05, 0) is 12.3 Å². The van der Waals surface area contributed by atoms with Gasteiger partial charge in [-0.1, -0.05) is 13.8 Å². The van der Waals surface area contributed by atoms with Crippen LogP contribution in [-0.2, 0) is 0 Å². The average Bonchev–Trinajstić information content (AvgIpc) is 1.82. The minimum absolute atomic E-state index is 0.442. The molecule has 0 bridgehead atoms. The van der Waals surface area contributed by atoms with Crippen LogP contribution in [-0.4, -0.2) is 11.1 Å². The van der Waals surface area contributed by atoms with Crippen molar-refractivity contribution in [2.45, 2.75) is 32.9 Å². The third kappa shape index (κ3) is 4.26. The third-order valence-corrected chi connectivity index (χ3v) is 1.31. The quantitative estimate of drug-likeness (QED) is 0.365. The van der Waals surface area contributed by atoms with Crippen molar-refractivity contribution in [1.82, 2.24) is 0 Å². The highest BCUT2D eigenvalue weighted by Crippen LogP contribution is 2.05. The second-order valence-electron chi connectivity index (χ2n) is 2.82. The molecule has 0 saturated heterocycles. The van der Waals surface area contributed by atoms with Crippen molar-refractivity contribution in [3.8, 4) is 0 Å². The predicted octanol–water partition coefficient (Wildman–Crippen LogP) is 0.984. The summed E-state index contributed by atoms with van der Waals surface area (Å²) in [5.41, 5.74) is 5.17. The van der Waals surface area contributed by atoms with E-state index in [1.807, 2.05) is 13.8 Å². The summed E-state index contributed by atoms with van der Waals surface area (Å²) in [7, 11) is 0. The highest BCUT2D eigenvalue weighted by Gasteiger charge is 2.12. The van der Waals surface area contributed by atoms with Gasteiger partial charge in [-0.15, -0.1) is 0 Å². The van der Waals surface area contributed by atoms with Gasteiger partial charge in [0.1, 0.15) is 0 Å². The summed E-state index contributed by atoms with van der Waals surface area (Å²) in [6.45, 7) is 4.04. The Bertz CT molecular complexity index is 114. The van der Waals surface area contributed by atoms with E-state index in [1.54, 1.807) is 0 Å². The van der Waals surface area contributed by atoms with Crippen LogP contribution >= 0.6 is 0 Å². The molecule has 0 amide bonds. The number of hydrogen-bond donors (Lipinski definition) is 1. The molecule has 0 aliphatic rings. The minimum Gasteiger partial charge on any atom is -0.268 e. The molecular weight excluding hydrogens is 132 g/mol. The fourth-order valence-corrected chi connectivity index (χ4v) is 0.610. The van der Waals surface area contributed by atoms with E-state index in [2.05, 4.69) is 0 Å². The van der Waals surface area contributed by atoms with Crippen LogP contribution in [0.25, 0.3) is 0 Å². The largest absolute Gasteiger partial charge is 0.268 e. The fraction of sp³-hybridized carbons (Fsp3) is 1.00. The molecule has 0 aromatic rings. The van der Waals surface area contributed by atoms with E-state index in [1.165, 1.54) is 0 Å². The van der Waals surface area contributed by atoms with Crippen molar-refractivity contribution in [3.63, 3.8) is 0 Å². The maximum Gasteiger partial charge on any atom is 0.263 e. The van der Waals surface area contributed by atoms with E-state index in [4.69, 9.17) is 5.73 Å². The van der Waals surface area contributed by atoms with Crippen LogP contribution in [0.2, 0.25) is 0 Å². The maximum atomic E-state index is 9.99. The molecule has 0 spiro atoms. The highest BCUT2D eigenvalue weighted by atomic mass is 16.6. The zero-order valence-electron chi connectivity index (χ0n) is 6.41. The summed E-state index contributed by atoms with van der Waals surface area (Å²) in [5, 5.41) is 9.99. The van der Waals surface area contributed by atoms with Gasteiger partial charge in [0.25, 0.3) is 6.17 Å². The first-order chi connectivity index (χ1) is 4.54. The molecule has 4 heteroatoms. The van der Waals surface area contributed by atoms with Gasteiger partial charge in [-0.25, -0.2) is 0 Å². The van der Waals surface area contributed by atoms with Gasteiger partial charge in [0.05, 0.1) is 0 Å². The average molecular weight is 146 g/mol. The third-order valence-electron chi connectivity index (χ3n) is 1.31. The van der Waals surface area contributed by atoms with Crippen molar-refractivity contribution in [2.24, 2.45) is 11.7 Å². The van der Waals surface area contributed by atoms with Gasteiger partial charge in [0.2, 0.25) is 0 Å². The first-order valence-electron chi connectivity index (χ1n) is 3.43. The Morgan fingerprint density at radius 1 is 1.50 bits per heavy atom. The molecule has 1 atom stereocenters. The number of hydrogen-bond acceptors (Lipinski definition) is 3. The summed E-state index contributed by atoms with van der Waals surface area (Å²) < 4.78 is 0. The first-order valence-corrected chi connectivity index (χ1v) is 3.43. The van der Waals surface area contributed by atoms with Crippen LogP contribution in [0.4, 0.5) is 0 Å². The number of nitrogens with zero attached hydrogens (tertiary/aromatic N) is 1. The molecule has 0 radical (unpaired) electrons. The Kier molecular flexibility index (Phi) is 3.95. The summed E-state index contributed by atoms with van der Waals surface area (Å²) in [6.07, 6.45) is 0.426. The Morgan fingerprint density at radius 2 is 2.00 bits per heavy atom. The molecule has 0 aliphatic heterocycles. The van der Waals surface area contributed by atoms with Crippen molar-refractivity contribution in [1.29, 1.82) is 0 Å². The predicted molar refractivity (Wildman–Crippen MR) is 39.0 cm³/mol. The Morgan fingerprint density at radius 3 is 2.30 bits per heavy atom. The normalized spacial score (nSPS) is 13.6. The zero-order chi connectivity index (χ0) is 8.15. The molecule has 0 heterocycles. The van der Waals surface area contributed by atoms with Gasteiger partial charge in [-0.2, -0.15) is 0 Å². The van der Waals surface area contributed by atoms with E-state index in [0.29, 0.717) is 12.3 Å². The van der Waals surface area contributed by atoms with Crippen LogP contribution in [0.1, 0.15) is 26.7 Å². The fourth-order valence-electron chi connectivity index (χ4n) is 0.610. The van der Waals surface area contributed by atoms with Crippen LogP contribution < -0.4 is 5.73 Å². The first kappa shape index (κ1) is 9.36. The van der Waals surface area contributed by atoms with Crippen molar-refractivity contribution < 1.29 is 4.92 Å². The van der Waals surface area contributed by atoms with E-state index < -0.39 is 11.1 Å². The Labute approximate surface area is 60.6 Å². The van der Waals surface area contributed by atoms with E-state index >= 15 is 0 Å². The summed E-state index contributed by atoms with van der Waals surface area (Å²) >= 11 is 0. The van der Waals surface area contributed by atoms with E-state index in [0.717, 1.165) is 6.42 Å². The van der Waals surface area contributed by atoms with Crippen molar-refractivity contribution in [3.05, 3.63) is 10.1 Å². The van der Waals surface area contributed by atoms with Gasteiger partial charge < -0.3 is 0 Å². The standard InChI is InChI=1S/C6H14N2O2/c1-5(2)3-4-6(7)8(9)10/h5-6H,3-4,7H2,1-2H3. The van der Waals surface area contributed by atoms with Crippen LogP contribution in [0.15, 0.2) is 0 Å². The molecular formula is C6H14N2O2. The van der Waals surface area contributed by atoms with Crippen LogP contribution in [0, 0.1) is 16.0 Å².